The minimum Gasteiger partial charge on any atom is -0.444 e. The molecule has 0 unspecified atom stereocenters. The average molecular weight is 479 g/mol. The van der Waals surface area contributed by atoms with Crippen molar-refractivity contribution in [2.45, 2.75) is 51.8 Å². The van der Waals surface area contributed by atoms with E-state index in [1.165, 1.54) is 0 Å². The highest BCUT2D eigenvalue weighted by Crippen LogP contribution is 2.25. The van der Waals surface area contributed by atoms with Gasteiger partial charge in [0.1, 0.15) is 11.3 Å². The maximum Gasteiger partial charge on any atom is 0.407 e. The molecule has 10 heteroatoms. The molecule has 2 aromatic heterocycles. The first-order valence-corrected chi connectivity index (χ1v) is 11.9. The van der Waals surface area contributed by atoms with Crippen molar-refractivity contribution < 1.29 is 19.1 Å². The first-order chi connectivity index (χ1) is 16.7. The number of rotatable bonds is 3. The summed E-state index contributed by atoms with van der Waals surface area (Å²) in [4.78, 5) is 45.2. The summed E-state index contributed by atoms with van der Waals surface area (Å²) in [6.07, 6.45) is 0.757. The highest BCUT2D eigenvalue weighted by Gasteiger charge is 2.34. The van der Waals surface area contributed by atoms with Crippen molar-refractivity contribution in [3.8, 4) is 0 Å². The summed E-state index contributed by atoms with van der Waals surface area (Å²) in [6.45, 7) is 7.19. The molecule has 1 atom stereocenters. The Morgan fingerprint density at radius 1 is 1.11 bits per heavy atom. The maximum absolute atomic E-state index is 13.3. The molecule has 1 fully saturated rings. The normalized spacial score (nSPS) is 18.0. The Balaban J connectivity index is 1.26. The minimum absolute atomic E-state index is 0.103. The molecule has 3 N–H and O–H groups in total. The third-order valence-corrected chi connectivity index (χ3v) is 6.38. The number of ether oxygens (including phenoxy) is 1. The Hall–Kier alpha value is -3.82. The van der Waals surface area contributed by atoms with Crippen LogP contribution in [0.15, 0.2) is 30.3 Å². The van der Waals surface area contributed by atoms with Crippen LogP contribution in [0.25, 0.3) is 10.9 Å². The molecule has 35 heavy (non-hydrogen) atoms. The summed E-state index contributed by atoms with van der Waals surface area (Å²) in [7, 11) is 0. The van der Waals surface area contributed by atoms with E-state index in [2.05, 4.69) is 20.5 Å². The number of hydrogen-bond acceptors (Lipinski definition) is 5. The molecule has 3 aromatic rings. The van der Waals surface area contributed by atoms with Crippen molar-refractivity contribution in [1.82, 2.24) is 30.3 Å². The number of H-pyrrole nitrogens is 2. The van der Waals surface area contributed by atoms with Gasteiger partial charge in [-0.2, -0.15) is 5.10 Å². The summed E-state index contributed by atoms with van der Waals surface area (Å²) >= 11 is 0. The lowest BCUT2D eigenvalue weighted by Gasteiger charge is -2.27. The third kappa shape index (κ3) is 4.73. The number of para-hydroxylation sites is 1. The van der Waals surface area contributed by atoms with Crippen molar-refractivity contribution in [2.24, 2.45) is 0 Å². The highest BCUT2D eigenvalue weighted by atomic mass is 16.6. The second-order valence-electron chi connectivity index (χ2n) is 10.2. The number of nitrogens with zero attached hydrogens (tertiary/aromatic N) is 3. The maximum atomic E-state index is 13.3. The fraction of sp³-hybridized carbons (Fsp3) is 0.440. The van der Waals surface area contributed by atoms with Crippen LogP contribution in [0.1, 0.15) is 59.4 Å². The Morgan fingerprint density at radius 2 is 1.91 bits per heavy atom. The topological polar surface area (TPSA) is 123 Å². The van der Waals surface area contributed by atoms with Crippen LogP contribution in [0.3, 0.4) is 0 Å². The Bertz CT molecular complexity index is 1250. The predicted octanol–water partition coefficient (Wildman–Crippen LogP) is 2.83. The highest BCUT2D eigenvalue weighted by molar-refractivity contribution is 5.99. The van der Waals surface area contributed by atoms with Crippen LogP contribution in [0.5, 0.6) is 0 Å². The van der Waals surface area contributed by atoms with Gasteiger partial charge in [-0.15, -0.1) is 0 Å². The number of fused-ring (bicyclic) bond motifs is 2. The Morgan fingerprint density at radius 3 is 2.69 bits per heavy atom. The number of carbonyl (C=O) groups is 3. The van der Waals surface area contributed by atoms with Crippen molar-refractivity contribution in [2.75, 3.05) is 19.6 Å². The van der Waals surface area contributed by atoms with Crippen molar-refractivity contribution in [3.63, 3.8) is 0 Å². The van der Waals surface area contributed by atoms with E-state index in [1.54, 1.807) is 9.80 Å². The molecule has 0 saturated carbocycles. The zero-order chi connectivity index (χ0) is 24.7. The molecule has 2 aliphatic rings. The molecule has 5 rings (SSSR count). The molecule has 2 aliphatic heterocycles. The van der Waals surface area contributed by atoms with E-state index in [-0.39, 0.29) is 17.9 Å². The number of hydrogen-bond donors (Lipinski definition) is 3. The van der Waals surface area contributed by atoms with Crippen LogP contribution in [0.2, 0.25) is 0 Å². The molecule has 0 bridgehead atoms. The molecule has 10 nitrogen and oxygen atoms in total. The van der Waals surface area contributed by atoms with Crippen LogP contribution >= 0.6 is 0 Å². The standard InChI is InChI=1S/C25H30N6O4/c1-25(2,3)35-24(34)26-16-8-10-30(13-16)23(33)21-17-14-31(11-9-19(17)28-29-21)22(32)20-12-15-6-4-5-7-18(15)27-20/h4-7,12,16,27H,8-11,13-14H2,1-3H3,(H,26,34)(H,28,29)/t16-/m0/s1. The predicted molar refractivity (Wildman–Crippen MR) is 129 cm³/mol. The molecule has 184 valence electrons. The smallest absolute Gasteiger partial charge is 0.407 e. The van der Waals surface area contributed by atoms with Gasteiger partial charge in [-0.3, -0.25) is 14.7 Å². The number of carbonyl (C=O) groups excluding carboxylic acids is 3. The molecule has 1 saturated heterocycles. The number of benzene rings is 1. The van der Waals surface area contributed by atoms with Gasteiger partial charge in [0.15, 0.2) is 5.69 Å². The van der Waals surface area contributed by atoms with E-state index < -0.39 is 11.7 Å². The summed E-state index contributed by atoms with van der Waals surface area (Å²) in [5.74, 6) is -0.301. The van der Waals surface area contributed by atoms with Gasteiger partial charge in [-0.25, -0.2) is 4.79 Å². The van der Waals surface area contributed by atoms with E-state index in [1.807, 2.05) is 51.1 Å². The van der Waals surface area contributed by atoms with Gasteiger partial charge >= 0.3 is 6.09 Å². The SMILES string of the molecule is CC(C)(C)OC(=O)N[C@H]1CCN(C(=O)c2n[nH]c3c2CN(C(=O)c2cc4ccccc4[nH]2)CC3)C1. The number of aromatic amines is 2. The van der Waals surface area contributed by atoms with Crippen LogP contribution in [-0.2, 0) is 17.7 Å². The van der Waals surface area contributed by atoms with E-state index >= 15 is 0 Å². The summed E-state index contributed by atoms with van der Waals surface area (Å²) in [6, 6.07) is 9.45. The molecular weight excluding hydrogens is 448 g/mol. The Kier molecular flexibility index (Phi) is 5.74. The van der Waals surface area contributed by atoms with E-state index in [0.717, 1.165) is 22.2 Å². The lowest BCUT2D eigenvalue weighted by molar-refractivity contribution is 0.0502. The minimum atomic E-state index is -0.581. The Labute approximate surface area is 203 Å². The van der Waals surface area contributed by atoms with Crippen LogP contribution in [0.4, 0.5) is 4.79 Å². The average Bonchev–Trinajstić information content (AvgIpc) is 3.54. The number of aromatic nitrogens is 3. The fourth-order valence-electron chi connectivity index (χ4n) is 4.69. The van der Waals surface area contributed by atoms with Crippen molar-refractivity contribution >= 4 is 28.8 Å². The summed E-state index contributed by atoms with van der Waals surface area (Å²) < 4.78 is 5.32. The van der Waals surface area contributed by atoms with Crippen LogP contribution in [-0.4, -0.2) is 74.2 Å². The molecule has 1 aromatic carbocycles. The second-order valence-corrected chi connectivity index (χ2v) is 10.2. The van der Waals surface area contributed by atoms with Gasteiger partial charge in [0.05, 0.1) is 12.6 Å². The lowest BCUT2D eigenvalue weighted by atomic mass is 10.0. The van der Waals surface area contributed by atoms with E-state index in [9.17, 15) is 14.4 Å². The van der Waals surface area contributed by atoms with Gasteiger partial charge < -0.3 is 24.8 Å². The number of likely N-dealkylation sites (tertiary alicyclic amines) is 1. The zero-order valence-electron chi connectivity index (χ0n) is 20.2. The van der Waals surface area contributed by atoms with Crippen LogP contribution in [0, 0.1) is 0 Å². The molecule has 0 radical (unpaired) electrons. The number of alkyl carbamates (subject to hydrolysis) is 1. The van der Waals surface area contributed by atoms with Crippen molar-refractivity contribution in [1.29, 1.82) is 0 Å². The first-order valence-electron chi connectivity index (χ1n) is 11.9. The van der Waals surface area contributed by atoms with E-state index in [0.29, 0.717) is 50.4 Å². The quantitative estimate of drug-likeness (QED) is 0.534. The van der Waals surface area contributed by atoms with Gasteiger partial charge in [-0.1, -0.05) is 18.2 Å². The number of nitrogens with one attached hydrogen (secondary N) is 3. The monoisotopic (exact) mass is 478 g/mol. The first kappa shape index (κ1) is 22.9. The zero-order valence-corrected chi connectivity index (χ0v) is 20.2. The molecule has 3 amide bonds. The van der Waals surface area contributed by atoms with Crippen LogP contribution < -0.4 is 5.32 Å². The van der Waals surface area contributed by atoms with Gasteiger partial charge in [-0.05, 0) is 39.3 Å². The summed E-state index contributed by atoms with van der Waals surface area (Å²) in [5, 5.41) is 11.1. The van der Waals surface area contributed by atoms with Gasteiger partial charge in [0.25, 0.3) is 11.8 Å². The molecule has 0 aliphatic carbocycles. The molecule has 4 heterocycles. The van der Waals surface area contributed by atoms with E-state index in [4.69, 9.17) is 4.74 Å². The van der Waals surface area contributed by atoms with Gasteiger partial charge in [0.2, 0.25) is 0 Å². The van der Waals surface area contributed by atoms with Gasteiger partial charge in [0, 0.05) is 48.2 Å². The largest absolute Gasteiger partial charge is 0.444 e. The number of amides is 3. The molecule has 0 spiro atoms. The second kappa shape index (κ2) is 8.75. The van der Waals surface area contributed by atoms with Crippen molar-refractivity contribution in [3.05, 3.63) is 53.0 Å². The fourth-order valence-corrected chi connectivity index (χ4v) is 4.69. The summed E-state index contributed by atoms with van der Waals surface area (Å²) in [5.41, 5.74) is 2.85. The third-order valence-electron chi connectivity index (χ3n) is 6.38. The lowest BCUT2D eigenvalue weighted by Crippen LogP contribution is -2.41. The molecular formula is C25H30N6O4.